The Morgan fingerprint density at radius 2 is 2.38 bits per heavy atom. The van der Waals surface area contributed by atoms with E-state index in [-0.39, 0.29) is 0 Å². The van der Waals surface area contributed by atoms with Crippen molar-refractivity contribution in [1.29, 1.82) is 0 Å². The number of nitrogens with zero attached hydrogens (tertiary/aromatic N) is 1. The summed E-state index contributed by atoms with van der Waals surface area (Å²) in [6.45, 7) is 3.94. The highest BCUT2D eigenvalue weighted by atomic mass is 32.1. The number of esters is 1. The number of furan rings is 1. The van der Waals surface area contributed by atoms with Crippen molar-refractivity contribution in [3.8, 4) is 0 Å². The van der Waals surface area contributed by atoms with Crippen LogP contribution in [0.1, 0.15) is 45.9 Å². The van der Waals surface area contributed by atoms with Gasteiger partial charge in [0.15, 0.2) is 0 Å². The summed E-state index contributed by atoms with van der Waals surface area (Å²) in [5, 5.41) is 2.18. The van der Waals surface area contributed by atoms with Crippen LogP contribution >= 0.6 is 11.3 Å². The fourth-order valence-corrected chi connectivity index (χ4v) is 3.99. The molecule has 2 aromatic heterocycles. The van der Waals surface area contributed by atoms with Crippen LogP contribution < -0.4 is 0 Å². The van der Waals surface area contributed by atoms with Gasteiger partial charge < -0.3 is 9.15 Å². The van der Waals surface area contributed by atoms with Gasteiger partial charge in [0.1, 0.15) is 0 Å². The minimum absolute atomic E-state index is 0.323. The number of hydrogen-bond acceptors (Lipinski definition) is 5. The smallest absolute Gasteiger partial charge is 0.374 e. The molecular weight excluding hydrogens is 286 g/mol. The molecule has 2 aromatic rings. The number of ether oxygens (including phenoxy) is 1. The van der Waals surface area contributed by atoms with Crippen LogP contribution in [0.25, 0.3) is 0 Å². The minimum Gasteiger partial charge on any atom is -0.463 e. The van der Waals surface area contributed by atoms with Crippen LogP contribution in [0.3, 0.4) is 0 Å². The van der Waals surface area contributed by atoms with Crippen molar-refractivity contribution in [2.45, 2.75) is 32.4 Å². The van der Waals surface area contributed by atoms with Crippen molar-refractivity contribution < 1.29 is 13.9 Å². The molecule has 1 unspecified atom stereocenters. The number of methoxy groups -OCH3 is 1. The third kappa shape index (κ3) is 2.63. The van der Waals surface area contributed by atoms with Crippen LogP contribution in [0.2, 0.25) is 0 Å². The monoisotopic (exact) mass is 305 g/mol. The molecule has 0 bridgehead atoms. The number of carbonyl (C=O) groups is 1. The molecule has 3 heterocycles. The Hall–Kier alpha value is -1.59. The fourth-order valence-electron chi connectivity index (χ4n) is 3.07. The first-order valence-electron chi connectivity index (χ1n) is 7.19. The molecule has 0 fully saturated rings. The van der Waals surface area contributed by atoms with E-state index < -0.39 is 5.97 Å². The molecule has 112 valence electrons. The highest BCUT2D eigenvalue weighted by Gasteiger charge is 2.28. The molecular formula is C16H19NO3S. The molecule has 0 aliphatic carbocycles. The Morgan fingerprint density at radius 1 is 1.52 bits per heavy atom. The van der Waals surface area contributed by atoms with Gasteiger partial charge in [-0.3, -0.25) is 4.90 Å². The van der Waals surface area contributed by atoms with Gasteiger partial charge in [-0.25, -0.2) is 4.79 Å². The summed E-state index contributed by atoms with van der Waals surface area (Å²) in [7, 11) is 1.38. The summed E-state index contributed by atoms with van der Waals surface area (Å²) < 4.78 is 10.1. The molecule has 1 aliphatic heterocycles. The first kappa shape index (κ1) is 14.4. The molecule has 0 saturated heterocycles. The molecule has 0 aromatic carbocycles. The van der Waals surface area contributed by atoms with Gasteiger partial charge >= 0.3 is 5.97 Å². The number of rotatable bonds is 4. The molecule has 3 rings (SSSR count). The van der Waals surface area contributed by atoms with Crippen molar-refractivity contribution in [3.63, 3.8) is 0 Å². The highest BCUT2D eigenvalue weighted by molar-refractivity contribution is 7.10. The van der Waals surface area contributed by atoms with Crippen molar-refractivity contribution in [2.75, 3.05) is 13.7 Å². The first-order valence-corrected chi connectivity index (χ1v) is 8.07. The van der Waals surface area contributed by atoms with Gasteiger partial charge in [-0.05, 0) is 35.9 Å². The van der Waals surface area contributed by atoms with Crippen LogP contribution in [0.4, 0.5) is 0 Å². The first-order chi connectivity index (χ1) is 10.2. The zero-order valence-corrected chi connectivity index (χ0v) is 13.1. The normalized spacial score (nSPS) is 18.5. The van der Waals surface area contributed by atoms with Crippen molar-refractivity contribution in [3.05, 3.63) is 45.5 Å². The van der Waals surface area contributed by atoms with Gasteiger partial charge in [0.2, 0.25) is 5.76 Å². The maximum absolute atomic E-state index is 11.7. The summed E-state index contributed by atoms with van der Waals surface area (Å²) in [6, 6.07) is 4.51. The van der Waals surface area contributed by atoms with E-state index in [9.17, 15) is 4.79 Å². The largest absolute Gasteiger partial charge is 0.463 e. The Morgan fingerprint density at radius 3 is 3.14 bits per heavy atom. The Bertz CT molecular complexity index is 631. The Balaban J connectivity index is 1.82. The number of thiophene rings is 1. The average Bonchev–Trinajstić information content (AvgIpc) is 3.15. The molecule has 5 heteroatoms. The lowest BCUT2D eigenvalue weighted by atomic mass is 9.97. The van der Waals surface area contributed by atoms with E-state index in [0.717, 1.165) is 24.9 Å². The summed E-state index contributed by atoms with van der Waals surface area (Å²) in [4.78, 5) is 15.6. The van der Waals surface area contributed by atoms with Gasteiger partial charge in [0, 0.05) is 29.6 Å². The van der Waals surface area contributed by atoms with E-state index in [2.05, 4.69) is 23.3 Å². The molecule has 21 heavy (non-hydrogen) atoms. The number of fused-ring (bicyclic) bond motifs is 1. The lowest BCUT2D eigenvalue weighted by molar-refractivity contribution is 0.0560. The second-order valence-electron chi connectivity index (χ2n) is 5.21. The minimum atomic E-state index is -0.406. The van der Waals surface area contributed by atoms with Gasteiger partial charge in [-0.1, -0.05) is 6.92 Å². The molecule has 1 atom stereocenters. The zero-order chi connectivity index (χ0) is 14.8. The molecule has 0 radical (unpaired) electrons. The van der Waals surface area contributed by atoms with Gasteiger partial charge in [-0.15, -0.1) is 11.3 Å². The Kier molecular flexibility index (Phi) is 4.12. The maximum atomic E-state index is 11.7. The number of carbonyl (C=O) groups excluding carboxylic acids is 1. The number of hydrogen-bond donors (Lipinski definition) is 0. The lowest BCUT2D eigenvalue weighted by Crippen LogP contribution is -2.34. The third-order valence-corrected chi connectivity index (χ3v) is 5.08. The Labute approximate surface area is 128 Å². The summed E-state index contributed by atoms with van der Waals surface area (Å²) in [5.74, 6) is -0.0836. The highest BCUT2D eigenvalue weighted by Crippen LogP contribution is 2.36. The van der Waals surface area contributed by atoms with Crippen LogP contribution in [-0.4, -0.2) is 24.5 Å². The zero-order valence-electron chi connectivity index (χ0n) is 12.3. The van der Waals surface area contributed by atoms with Crippen molar-refractivity contribution >= 4 is 17.3 Å². The van der Waals surface area contributed by atoms with E-state index in [1.54, 1.807) is 6.26 Å². The predicted molar refractivity (Wildman–Crippen MR) is 81.5 cm³/mol. The van der Waals surface area contributed by atoms with Gasteiger partial charge in [0.25, 0.3) is 0 Å². The summed E-state index contributed by atoms with van der Waals surface area (Å²) >= 11 is 1.85. The van der Waals surface area contributed by atoms with Crippen LogP contribution in [-0.2, 0) is 17.7 Å². The maximum Gasteiger partial charge on any atom is 0.374 e. The van der Waals surface area contributed by atoms with Crippen LogP contribution in [0.15, 0.2) is 28.2 Å². The van der Waals surface area contributed by atoms with E-state index >= 15 is 0 Å². The molecule has 0 saturated carbocycles. The summed E-state index contributed by atoms with van der Waals surface area (Å²) in [5.41, 5.74) is 2.34. The van der Waals surface area contributed by atoms with Gasteiger partial charge in [0.05, 0.1) is 13.4 Å². The topological polar surface area (TPSA) is 42.7 Å². The standard InChI is InChI=1S/C16H19NO3S/c1-3-13-12-6-9-21-14(12)4-7-17(13)10-11-5-8-20-15(11)16(18)19-2/h5-6,8-9,13H,3-4,7,10H2,1-2H3. The van der Waals surface area contributed by atoms with E-state index in [1.165, 1.54) is 17.6 Å². The van der Waals surface area contributed by atoms with Crippen LogP contribution in [0.5, 0.6) is 0 Å². The van der Waals surface area contributed by atoms with Crippen molar-refractivity contribution in [2.24, 2.45) is 0 Å². The SMILES string of the molecule is CCC1c2ccsc2CCN1Cc1ccoc1C(=O)OC. The molecule has 0 spiro atoms. The van der Waals surface area contributed by atoms with E-state index in [4.69, 9.17) is 9.15 Å². The fraction of sp³-hybridized carbons (Fsp3) is 0.438. The molecule has 4 nitrogen and oxygen atoms in total. The van der Waals surface area contributed by atoms with Crippen molar-refractivity contribution in [1.82, 2.24) is 4.90 Å². The quantitative estimate of drug-likeness (QED) is 0.809. The summed E-state index contributed by atoms with van der Waals surface area (Å²) in [6.07, 6.45) is 3.70. The van der Waals surface area contributed by atoms with Crippen LogP contribution in [0, 0.1) is 0 Å². The molecule has 0 amide bonds. The predicted octanol–water partition coefficient (Wildman–Crippen LogP) is 3.64. The molecule has 1 aliphatic rings. The second-order valence-corrected chi connectivity index (χ2v) is 6.21. The average molecular weight is 305 g/mol. The van der Waals surface area contributed by atoms with E-state index in [0.29, 0.717) is 18.3 Å². The molecule has 0 N–H and O–H groups in total. The lowest BCUT2D eigenvalue weighted by Gasteiger charge is -2.35. The van der Waals surface area contributed by atoms with E-state index in [1.807, 2.05) is 17.4 Å². The second kappa shape index (κ2) is 6.03. The van der Waals surface area contributed by atoms with Gasteiger partial charge in [-0.2, -0.15) is 0 Å². The third-order valence-electron chi connectivity index (χ3n) is 4.08.